The summed E-state index contributed by atoms with van der Waals surface area (Å²) in [4.78, 5) is 10.5. The maximum absolute atomic E-state index is 10.5. The molecule has 1 amide bonds. The maximum Gasteiger partial charge on any atom is 0.246 e. The van der Waals surface area contributed by atoms with Crippen LogP contribution in [0.25, 0.3) is 0 Å². The third kappa shape index (κ3) is 4.75. The number of hydrogen-bond donors (Lipinski definition) is 2. The van der Waals surface area contributed by atoms with Crippen LogP contribution in [-0.4, -0.2) is 31.7 Å². The van der Waals surface area contributed by atoms with Crippen molar-refractivity contribution in [3.05, 3.63) is 0 Å². The van der Waals surface area contributed by atoms with Crippen molar-refractivity contribution in [2.24, 2.45) is 5.73 Å². The predicted molar refractivity (Wildman–Crippen MR) is 43.1 cm³/mol. The number of carbonyl (C=O) groups excluding carboxylic acids is 1. The Morgan fingerprint density at radius 2 is 2.18 bits per heavy atom. The second-order valence-electron chi connectivity index (χ2n) is 2.55. The van der Waals surface area contributed by atoms with E-state index in [-0.39, 0.29) is 6.10 Å². The third-order valence-corrected chi connectivity index (χ3v) is 1.33. The fourth-order valence-electron chi connectivity index (χ4n) is 0.751. The van der Waals surface area contributed by atoms with Gasteiger partial charge in [-0.25, -0.2) is 0 Å². The van der Waals surface area contributed by atoms with Gasteiger partial charge in [0.25, 0.3) is 0 Å². The van der Waals surface area contributed by atoms with Crippen LogP contribution in [0.4, 0.5) is 0 Å². The van der Waals surface area contributed by atoms with E-state index < -0.39 is 12.0 Å². The zero-order valence-corrected chi connectivity index (χ0v) is 7.26. The fraction of sp³-hybridized carbons (Fsp3) is 0.857. The summed E-state index contributed by atoms with van der Waals surface area (Å²) in [7, 11) is 1.83. The molecular weight excluding hydrogens is 144 g/mol. The summed E-state index contributed by atoms with van der Waals surface area (Å²) in [5.74, 6) is -0.423. The van der Waals surface area contributed by atoms with Gasteiger partial charge in [0, 0.05) is 6.54 Å². The van der Waals surface area contributed by atoms with E-state index in [0.29, 0.717) is 0 Å². The normalized spacial score (nSPS) is 15.9. The van der Waals surface area contributed by atoms with E-state index in [1.54, 1.807) is 6.92 Å². The number of rotatable bonds is 5. The molecule has 0 bridgehead atoms. The van der Waals surface area contributed by atoms with Gasteiger partial charge in [0.2, 0.25) is 5.91 Å². The van der Waals surface area contributed by atoms with Crippen LogP contribution in [0.15, 0.2) is 0 Å². The van der Waals surface area contributed by atoms with Crippen LogP contribution in [0, 0.1) is 0 Å². The first-order valence-corrected chi connectivity index (χ1v) is 3.67. The Balaban J connectivity index is 3.56. The molecule has 0 aromatic carbocycles. The second kappa shape index (κ2) is 5.09. The molecule has 0 aromatic heterocycles. The Morgan fingerprint density at radius 1 is 1.64 bits per heavy atom. The van der Waals surface area contributed by atoms with Crippen LogP contribution in [0.5, 0.6) is 0 Å². The minimum atomic E-state index is -0.502. The fourth-order valence-corrected chi connectivity index (χ4v) is 0.751. The summed E-state index contributed by atoms with van der Waals surface area (Å²) in [6.07, 6.45) is -0.485. The summed E-state index contributed by atoms with van der Waals surface area (Å²) in [5.41, 5.74) is 5.00. The topological polar surface area (TPSA) is 64.3 Å². The van der Waals surface area contributed by atoms with Gasteiger partial charge in [-0.2, -0.15) is 0 Å². The molecule has 4 nitrogen and oxygen atoms in total. The molecule has 0 spiro atoms. The van der Waals surface area contributed by atoms with E-state index in [1.807, 2.05) is 14.0 Å². The molecule has 0 rings (SSSR count). The average Bonchev–Trinajstić information content (AvgIpc) is 1.87. The Hall–Kier alpha value is -0.610. The Morgan fingerprint density at radius 3 is 2.55 bits per heavy atom. The molecule has 66 valence electrons. The smallest absolute Gasteiger partial charge is 0.246 e. The van der Waals surface area contributed by atoms with Gasteiger partial charge in [-0.1, -0.05) is 0 Å². The molecule has 0 aliphatic rings. The van der Waals surface area contributed by atoms with Crippen LogP contribution < -0.4 is 11.1 Å². The van der Waals surface area contributed by atoms with Gasteiger partial charge >= 0.3 is 0 Å². The zero-order valence-electron chi connectivity index (χ0n) is 7.26. The largest absolute Gasteiger partial charge is 0.367 e. The molecule has 4 heteroatoms. The molecule has 0 fully saturated rings. The summed E-state index contributed by atoms with van der Waals surface area (Å²) < 4.78 is 5.22. The highest BCUT2D eigenvalue weighted by atomic mass is 16.5. The van der Waals surface area contributed by atoms with Crippen molar-refractivity contribution >= 4 is 5.91 Å². The lowest BCUT2D eigenvalue weighted by Gasteiger charge is -2.15. The Bertz CT molecular complexity index is 128. The molecule has 0 aliphatic heterocycles. The average molecular weight is 160 g/mol. The van der Waals surface area contributed by atoms with Crippen LogP contribution >= 0.6 is 0 Å². The van der Waals surface area contributed by atoms with Gasteiger partial charge in [-0.05, 0) is 20.9 Å². The monoisotopic (exact) mass is 160 g/mol. The first-order valence-electron chi connectivity index (χ1n) is 3.67. The van der Waals surface area contributed by atoms with E-state index >= 15 is 0 Å². The second-order valence-corrected chi connectivity index (χ2v) is 2.55. The van der Waals surface area contributed by atoms with Crippen molar-refractivity contribution in [3.63, 3.8) is 0 Å². The molecule has 2 atom stereocenters. The highest BCUT2D eigenvalue weighted by Gasteiger charge is 2.11. The van der Waals surface area contributed by atoms with Crippen LogP contribution in [-0.2, 0) is 9.53 Å². The summed E-state index contributed by atoms with van der Waals surface area (Å²) in [6.45, 7) is 4.25. The summed E-state index contributed by atoms with van der Waals surface area (Å²) in [5, 5.41) is 2.93. The maximum atomic E-state index is 10.5. The van der Waals surface area contributed by atoms with Crippen molar-refractivity contribution in [2.45, 2.75) is 26.1 Å². The van der Waals surface area contributed by atoms with Crippen molar-refractivity contribution in [2.75, 3.05) is 13.6 Å². The molecule has 0 aliphatic carbocycles. The minimum Gasteiger partial charge on any atom is -0.367 e. The first-order chi connectivity index (χ1) is 5.07. The predicted octanol–water partition coefficient (Wildman–Crippen LogP) is -0.515. The lowest BCUT2D eigenvalue weighted by atomic mass is 10.3. The summed E-state index contributed by atoms with van der Waals surface area (Å²) in [6, 6.07) is 0. The molecule has 0 heterocycles. The molecular formula is C7H16N2O2. The van der Waals surface area contributed by atoms with Gasteiger partial charge in [0.05, 0.1) is 6.10 Å². The van der Waals surface area contributed by atoms with Crippen LogP contribution in [0.1, 0.15) is 13.8 Å². The van der Waals surface area contributed by atoms with Crippen molar-refractivity contribution in [3.8, 4) is 0 Å². The van der Waals surface area contributed by atoms with Gasteiger partial charge in [0.15, 0.2) is 0 Å². The molecule has 0 radical (unpaired) electrons. The Labute approximate surface area is 67.1 Å². The van der Waals surface area contributed by atoms with Crippen molar-refractivity contribution in [1.29, 1.82) is 0 Å². The van der Waals surface area contributed by atoms with E-state index in [9.17, 15) is 4.79 Å². The number of amides is 1. The minimum absolute atomic E-state index is 0.0162. The molecule has 0 saturated heterocycles. The number of ether oxygens (including phenoxy) is 1. The summed E-state index contributed by atoms with van der Waals surface area (Å²) >= 11 is 0. The van der Waals surface area contributed by atoms with Gasteiger partial charge < -0.3 is 15.8 Å². The van der Waals surface area contributed by atoms with Crippen molar-refractivity contribution < 1.29 is 9.53 Å². The van der Waals surface area contributed by atoms with E-state index in [1.165, 1.54) is 0 Å². The molecule has 0 aromatic rings. The number of nitrogens with two attached hydrogens (primary N) is 1. The molecule has 11 heavy (non-hydrogen) atoms. The number of hydrogen-bond acceptors (Lipinski definition) is 3. The SMILES string of the molecule is CNCC(C)OC(C)C(N)=O. The third-order valence-electron chi connectivity index (χ3n) is 1.33. The zero-order chi connectivity index (χ0) is 8.85. The number of nitrogens with one attached hydrogen (secondary N) is 1. The molecule has 2 unspecified atom stereocenters. The highest BCUT2D eigenvalue weighted by molar-refractivity contribution is 5.78. The quantitative estimate of drug-likeness (QED) is 0.569. The van der Waals surface area contributed by atoms with E-state index in [2.05, 4.69) is 5.32 Å². The van der Waals surface area contributed by atoms with Crippen LogP contribution in [0.2, 0.25) is 0 Å². The number of likely N-dealkylation sites (N-methyl/N-ethyl adjacent to an activating group) is 1. The lowest BCUT2D eigenvalue weighted by Crippen LogP contribution is -2.34. The number of primary amides is 1. The number of carbonyl (C=O) groups is 1. The Kier molecular flexibility index (Phi) is 4.81. The highest BCUT2D eigenvalue weighted by Crippen LogP contribution is 1.95. The van der Waals surface area contributed by atoms with Crippen molar-refractivity contribution in [1.82, 2.24) is 5.32 Å². The van der Waals surface area contributed by atoms with Crippen LogP contribution in [0.3, 0.4) is 0 Å². The standard InChI is InChI=1S/C7H16N2O2/c1-5(4-9-3)11-6(2)7(8)10/h5-6,9H,4H2,1-3H3,(H2,8,10). The molecule has 3 N–H and O–H groups in total. The van der Waals surface area contributed by atoms with Gasteiger partial charge in [-0.3, -0.25) is 4.79 Å². The first kappa shape index (κ1) is 10.4. The molecule has 0 saturated carbocycles. The van der Waals surface area contributed by atoms with Gasteiger partial charge in [0.1, 0.15) is 6.10 Å². The van der Waals surface area contributed by atoms with E-state index in [0.717, 1.165) is 6.54 Å². The lowest BCUT2D eigenvalue weighted by molar-refractivity contribution is -0.131. The van der Waals surface area contributed by atoms with Gasteiger partial charge in [-0.15, -0.1) is 0 Å². The van der Waals surface area contributed by atoms with E-state index in [4.69, 9.17) is 10.5 Å².